The van der Waals surface area contributed by atoms with Crippen molar-refractivity contribution in [2.45, 2.75) is 19.3 Å². The number of benzene rings is 3. The third kappa shape index (κ3) is 4.72. The van der Waals surface area contributed by atoms with Crippen LogP contribution in [0, 0.1) is 0 Å². The molecule has 3 N–H and O–H groups in total. The molecule has 0 saturated heterocycles. The summed E-state index contributed by atoms with van der Waals surface area (Å²) < 4.78 is 11.6. The molecule has 0 aliphatic heterocycles. The summed E-state index contributed by atoms with van der Waals surface area (Å²) >= 11 is 0. The molecule has 0 radical (unpaired) electrons. The lowest BCUT2D eigenvalue weighted by molar-refractivity contribution is 0.104. The van der Waals surface area contributed by atoms with Gasteiger partial charge in [0.1, 0.15) is 17.0 Å². The number of anilines is 1. The number of tetrazole rings is 1. The van der Waals surface area contributed by atoms with Gasteiger partial charge in [0, 0.05) is 11.1 Å². The summed E-state index contributed by atoms with van der Waals surface area (Å²) in [5, 5.41) is 13.5. The van der Waals surface area contributed by atoms with Gasteiger partial charge in [-0.15, -0.1) is 10.2 Å². The molecule has 0 amide bonds. The monoisotopic (exact) mass is 481 g/mol. The van der Waals surface area contributed by atoms with E-state index in [9.17, 15) is 9.59 Å². The Kier molecular flexibility index (Phi) is 6.53. The van der Waals surface area contributed by atoms with Crippen LogP contribution in [0.25, 0.3) is 22.6 Å². The van der Waals surface area contributed by atoms with Crippen LogP contribution in [0.4, 0.5) is 5.69 Å². The number of nitrogens with two attached hydrogens (primary N) is 1. The van der Waals surface area contributed by atoms with Crippen molar-refractivity contribution in [1.82, 2.24) is 20.6 Å². The molecule has 0 fully saturated rings. The Labute approximate surface area is 205 Å². The van der Waals surface area contributed by atoms with E-state index in [4.69, 9.17) is 14.9 Å². The lowest BCUT2D eigenvalue weighted by Crippen LogP contribution is -2.14. The SMILES string of the molecule is Nc1c(-c2nn[nH]n2)oc2cccc(C(=O)c3ccc(OCCCCc4ccccc4)cc3)c2c1=O. The number of ether oxygens (including phenoxy) is 1. The van der Waals surface area contributed by atoms with E-state index >= 15 is 0 Å². The Bertz CT molecular complexity index is 1550. The highest BCUT2D eigenvalue weighted by Crippen LogP contribution is 2.27. The van der Waals surface area contributed by atoms with Gasteiger partial charge in [-0.2, -0.15) is 5.21 Å². The number of carbonyl (C=O) groups excluding carboxylic acids is 1. The Morgan fingerprint density at radius 3 is 2.53 bits per heavy atom. The molecule has 0 unspecified atom stereocenters. The first-order chi connectivity index (χ1) is 17.6. The minimum absolute atomic E-state index is 0.00359. The molecule has 180 valence electrons. The molecule has 9 heteroatoms. The first-order valence-electron chi connectivity index (χ1n) is 11.5. The molecule has 0 saturated carbocycles. The zero-order valence-corrected chi connectivity index (χ0v) is 19.3. The third-order valence-corrected chi connectivity index (χ3v) is 5.84. The van der Waals surface area contributed by atoms with Crippen LogP contribution in [0.15, 0.2) is 82.0 Å². The predicted molar refractivity (Wildman–Crippen MR) is 135 cm³/mol. The van der Waals surface area contributed by atoms with E-state index in [1.54, 1.807) is 42.5 Å². The smallest absolute Gasteiger partial charge is 0.242 e. The van der Waals surface area contributed by atoms with E-state index in [2.05, 4.69) is 32.8 Å². The summed E-state index contributed by atoms with van der Waals surface area (Å²) in [6.07, 6.45) is 2.97. The highest BCUT2D eigenvalue weighted by atomic mass is 16.5. The van der Waals surface area contributed by atoms with E-state index < -0.39 is 5.43 Å². The molecule has 3 aromatic carbocycles. The molecule has 0 aliphatic carbocycles. The number of hydrogen-bond donors (Lipinski definition) is 2. The van der Waals surface area contributed by atoms with Crippen LogP contribution in [0.3, 0.4) is 0 Å². The van der Waals surface area contributed by atoms with Gasteiger partial charge in [-0.25, -0.2) is 0 Å². The number of H-pyrrole nitrogens is 1. The number of nitrogen functional groups attached to an aromatic ring is 1. The minimum atomic E-state index is -0.532. The number of nitrogens with one attached hydrogen (secondary N) is 1. The predicted octanol–water partition coefficient (Wildman–Crippen LogP) is 4.19. The average molecular weight is 482 g/mol. The second-order valence-corrected chi connectivity index (χ2v) is 8.23. The molecule has 36 heavy (non-hydrogen) atoms. The Morgan fingerprint density at radius 1 is 0.972 bits per heavy atom. The third-order valence-electron chi connectivity index (χ3n) is 5.84. The number of rotatable bonds is 9. The lowest BCUT2D eigenvalue weighted by Gasteiger charge is -2.09. The van der Waals surface area contributed by atoms with Crippen LogP contribution in [0.5, 0.6) is 5.75 Å². The fraction of sp³-hybridized carbons (Fsp3) is 0.148. The van der Waals surface area contributed by atoms with E-state index in [-0.39, 0.29) is 39.6 Å². The van der Waals surface area contributed by atoms with Crippen LogP contribution in [-0.2, 0) is 6.42 Å². The van der Waals surface area contributed by atoms with Gasteiger partial charge in [-0.3, -0.25) is 9.59 Å². The number of hydrogen-bond acceptors (Lipinski definition) is 8. The van der Waals surface area contributed by atoms with Crippen molar-refractivity contribution in [1.29, 1.82) is 0 Å². The zero-order valence-electron chi connectivity index (χ0n) is 19.3. The van der Waals surface area contributed by atoms with Crippen molar-refractivity contribution >= 4 is 22.4 Å². The second kappa shape index (κ2) is 10.2. The highest BCUT2D eigenvalue weighted by molar-refractivity contribution is 6.16. The number of aryl methyl sites for hydroxylation is 1. The van der Waals surface area contributed by atoms with Gasteiger partial charge in [0.25, 0.3) is 0 Å². The first-order valence-corrected chi connectivity index (χ1v) is 11.5. The van der Waals surface area contributed by atoms with Gasteiger partial charge >= 0.3 is 0 Å². The molecule has 0 bridgehead atoms. The fourth-order valence-electron chi connectivity index (χ4n) is 3.99. The number of fused-ring (bicyclic) bond motifs is 1. The van der Waals surface area contributed by atoms with Crippen molar-refractivity contribution in [2.24, 2.45) is 0 Å². The molecule has 5 rings (SSSR count). The van der Waals surface area contributed by atoms with Gasteiger partial charge in [0.05, 0.1) is 12.0 Å². The van der Waals surface area contributed by atoms with Gasteiger partial charge < -0.3 is 14.9 Å². The van der Waals surface area contributed by atoms with Gasteiger partial charge in [0.2, 0.25) is 17.0 Å². The van der Waals surface area contributed by atoms with Gasteiger partial charge in [-0.05, 0) is 60.4 Å². The summed E-state index contributed by atoms with van der Waals surface area (Å²) in [4.78, 5) is 26.4. The second-order valence-electron chi connectivity index (χ2n) is 8.23. The van der Waals surface area contributed by atoms with E-state index in [1.807, 2.05) is 18.2 Å². The summed E-state index contributed by atoms with van der Waals surface area (Å²) in [7, 11) is 0. The van der Waals surface area contributed by atoms with Crippen molar-refractivity contribution in [3.63, 3.8) is 0 Å². The van der Waals surface area contributed by atoms with Gasteiger partial charge in [0.15, 0.2) is 5.78 Å². The number of unbranched alkanes of at least 4 members (excludes halogenated alkanes) is 1. The fourth-order valence-corrected chi connectivity index (χ4v) is 3.99. The molecule has 0 spiro atoms. The topological polar surface area (TPSA) is 137 Å². The summed E-state index contributed by atoms with van der Waals surface area (Å²) in [5.74, 6) is 0.404. The minimum Gasteiger partial charge on any atom is -0.494 e. The van der Waals surface area contributed by atoms with Crippen molar-refractivity contribution in [2.75, 3.05) is 12.3 Å². The van der Waals surface area contributed by atoms with Gasteiger partial charge in [-0.1, -0.05) is 42.5 Å². The molecular formula is C27H23N5O4. The molecule has 5 aromatic rings. The number of ketones is 1. The number of aromatic amines is 1. The Morgan fingerprint density at radius 2 is 1.78 bits per heavy atom. The first kappa shape index (κ1) is 23.0. The van der Waals surface area contributed by atoms with E-state index in [0.29, 0.717) is 17.9 Å². The Hall–Kier alpha value is -4.79. The number of carbonyl (C=O) groups is 1. The Balaban J connectivity index is 1.29. The van der Waals surface area contributed by atoms with Crippen molar-refractivity contribution in [3.05, 3.63) is 99.7 Å². The normalized spacial score (nSPS) is 11.0. The maximum absolute atomic E-state index is 13.3. The molecule has 0 atom stereocenters. The maximum atomic E-state index is 13.3. The molecule has 0 aliphatic rings. The van der Waals surface area contributed by atoms with Crippen LogP contribution in [0.2, 0.25) is 0 Å². The number of nitrogens with zero attached hydrogens (tertiary/aromatic N) is 3. The summed E-state index contributed by atoms with van der Waals surface area (Å²) in [6, 6.07) is 22.0. The molecule has 9 nitrogen and oxygen atoms in total. The average Bonchev–Trinajstić information content (AvgIpc) is 3.45. The van der Waals surface area contributed by atoms with Crippen LogP contribution in [0.1, 0.15) is 34.3 Å². The van der Waals surface area contributed by atoms with E-state index in [0.717, 1.165) is 19.3 Å². The van der Waals surface area contributed by atoms with Crippen LogP contribution >= 0.6 is 0 Å². The molecular weight excluding hydrogens is 458 g/mol. The maximum Gasteiger partial charge on any atom is 0.242 e. The lowest BCUT2D eigenvalue weighted by atomic mass is 9.98. The van der Waals surface area contributed by atoms with Crippen molar-refractivity contribution < 1.29 is 13.9 Å². The van der Waals surface area contributed by atoms with Crippen LogP contribution in [-0.4, -0.2) is 33.0 Å². The molecule has 2 heterocycles. The molecule has 2 aromatic heterocycles. The zero-order chi connectivity index (χ0) is 24.9. The summed E-state index contributed by atoms with van der Waals surface area (Å²) in [6.45, 7) is 0.590. The van der Waals surface area contributed by atoms with E-state index in [1.165, 1.54) is 5.56 Å². The summed E-state index contributed by atoms with van der Waals surface area (Å²) in [5.41, 5.74) is 7.42. The van der Waals surface area contributed by atoms with Crippen LogP contribution < -0.4 is 15.9 Å². The number of aromatic nitrogens is 4. The quantitative estimate of drug-likeness (QED) is 0.236. The standard InChI is InChI=1S/C27H23N5O4/c28-23-25(34)22-20(10-6-11-21(22)36-26(23)27-29-31-32-30-27)24(33)18-12-14-19(15-13-18)35-16-5-4-9-17-7-2-1-3-8-17/h1-3,6-8,10-15H,4-5,9,16,28H2,(H,29,30,31,32). The highest BCUT2D eigenvalue weighted by Gasteiger charge is 2.21. The van der Waals surface area contributed by atoms with Crippen molar-refractivity contribution in [3.8, 4) is 17.3 Å². The largest absolute Gasteiger partial charge is 0.494 e.